The van der Waals surface area contributed by atoms with E-state index in [0.29, 0.717) is 23.6 Å². The molecule has 0 bridgehead atoms. The van der Waals surface area contributed by atoms with Crippen molar-refractivity contribution >= 4 is 11.6 Å². The van der Waals surface area contributed by atoms with Gasteiger partial charge in [0.25, 0.3) is 0 Å². The van der Waals surface area contributed by atoms with Crippen LogP contribution in [-0.2, 0) is 11.2 Å². The molecule has 0 amide bonds. The Bertz CT molecular complexity index is 393. The quantitative estimate of drug-likeness (QED) is 0.694. The minimum atomic E-state index is -0.211. The molecular formula is C16H25ClFNO. The van der Waals surface area contributed by atoms with Gasteiger partial charge in [-0.3, -0.25) is 0 Å². The lowest BCUT2D eigenvalue weighted by Gasteiger charge is -2.30. The topological polar surface area (TPSA) is 21.3 Å². The van der Waals surface area contributed by atoms with E-state index in [1.54, 1.807) is 19.2 Å². The third-order valence-electron chi connectivity index (χ3n) is 3.55. The van der Waals surface area contributed by atoms with Crippen LogP contribution in [0.5, 0.6) is 0 Å². The van der Waals surface area contributed by atoms with E-state index in [-0.39, 0.29) is 11.2 Å². The van der Waals surface area contributed by atoms with E-state index >= 15 is 0 Å². The number of ether oxygens (including phenoxy) is 1. The average Bonchev–Trinajstić information content (AvgIpc) is 2.40. The van der Waals surface area contributed by atoms with Crippen molar-refractivity contribution in [3.63, 3.8) is 0 Å². The number of hydrogen-bond donors (Lipinski definition) is 1. The Kier molecular flexibility index (Phi) is 7.49. The number of benzene rings is 1. The molecule has 1 aromatic carbocycles. The summed E-state index contributed by atoms with van der Waals surface area (Å²) in [5.41, 5.74) is 0.618. The summed E-state index contributed by atoms with van der Waals surface area (Å²) in [7, 11) is 1.69. The molecule has 0 aliphatic rings. The summed E-state index contributed by atoms with van der Waals surface area (Å²) >= 11 is 6.14. The van der Waals surface area contributed by atoms with Gasteiger partial charge in [0.15, 0.2) is 0 Å². The van der Waals surface area contributed by atoms with Crippen LogP contribution in [-0.4, -0.2) is 26.8 Å². The van der Waals surface area contributed by atoms with Gasteiger partial charge in [0.2, 0.25) is 0 Å². The van der Waals surface area contributed by atoms with Gasteiger partial charge in [-0.1, -0.05) is 37.9 Å². The molecule has 20 heavy (non-hydrogen) atoms. The maximum Gasteiger partial charge on any atom is 0.127 e. The molecule has 1 atom stereocenters. The Morgan fingerprint density at radius 1 is 1.40 bits per heavy atom. The number of rotatable bonds is 9. The average molecular weight is 302 g/mol. The largest absolute Gasteiger partial charge is 0.383 e. The van der Waals surface area contributed by atoms with E-state index in [0.717, 1.165) is 25.9 Å². The Balaban J connectivity index is 2.74. The molecule has 0 aromatic heterocycles. The molecule has 2 nitrogen and oxygen atoms in total. The van der Waals surface area contributed by atoms with E-state index < -0.39 is 0 Å². The smallest absolute Gasteiger partial charge is 0.127 e. The fourth-order valence-electron chi connectivity index (χ4n) is 2.54. The third-order valence-corrected chi connectivity index (χ3v) is 3.91. The summed E-state index contributed by atoms with van der Waals surface area (Å²) in [6.45, 7) is 6.65. The van der Waals surface area contributed by atoms with Gasteiger partial charge in [0.1, 0.15) is 5.82 Å². The van der Waals surface area contributed by atoms with Gasteiger partial charge >= 0.3 is 0 Å². The van der Waals surface area contributed by atoms with Gasteiger partial charge in [0.05, 0.1) is 6.61 Å². The zero-order valence-corrected chi connectivity index (χ0v) is 13.4. The highest BCUT2D eigenvalue weighted by Crippen LogP contribution is 2.32. The number of nitrogens with one attached hydrogen (secondary N) is 1. The van der Waals surface area contributed by atoms with Gasteiger partial charge in [-0.15, -0.1) is 0 Å². The fraction of sp³-hybridized carbons (Fsp3) is 0.625. The minimum absolute atomic E-state index is 0.00563. The standard InChI is InChI=1S/C16H25ClFNO/c1-4-8-16(2,12-19-9-10-20-3)11-13-14(17)6-5-7-15(13)18/h5-7,19H,4,8-12H2,1-3H3. The summed E-state index contributed by atoms with van der Waals surface area (Å²) in [4.78, 5) is 0. The molecule has 114 valence electrons. The second-order valence-corrected chi connectivity index (χ2v) is 6.01. The van der Waals surface area contributed by atoms with E-state index in [2.05, 4.69) is 19.2 Å². The van der Waals surface area contributed by atoms with E-state index in [1.165, 1.54) is 6.07 Å². The highest BCUT2D eigenvalue weighted by atomic mass is 35.5. The summed E-state index contributed by atoms with van der Waals surface area (Å²) in [6.07, 6.45) is 2.73. The van der Waals surface area contributed by atoms with E-state index in [9.17, 15) is 4.39 Å². The van der Waals surface area contributed by atoms with Crippen molar-refractivity contribution in [3.05, 3.63) is 34.6 Å². The number of methoxy groups -OCH3 is 1. The maximum absolute atomic E-state index is 13.9. The van der Waals surface area contributed by atoms with Crippen LogP contribution in [0, 0.1) is 11.2 Å². The van der Waals surface area contributed by atoms with Crippen LogP contribution in [0.15, 0.2) is 18.2 Å². The molecule has 0 heterocycles. The molecule has 4 heteroatoms. The van der Waals surface area contributed by atoms with Gasteiger partial charge in [-0.2, -0.15) is 0 Å². The van der Waals surface area contributed by atoms with Crippen LogP contribution in [0.4, 0.5) is 4.39 Å². The van der Waals surface area contributed by atoms with Gasteiger partial charge in [-0.25, -0.2) is 4.39 Å². The first kappa shape index (κ1) is 17.4. The molecule has 1 rings (SSSR count). The van der Waals surface area contributed by atoms with Crippen molar-refractivity contribution in [3.8, 4) is 0 Å². The minimum Gasteiger partial charge on any atom is -0.383 e. The Morgan fingerprint density at radius 2 is 2.15 bits per heavy atom. The van der Waals surface area contributed by atoms with Crippen molar-refractivity contribution in [2.45, 2.75) is 33.1 Å². The lowest BCUT2D eigenvalue weighted by atomic mass is 9.79. The number of hydrogen-bond acceptors (Lipinski definition) is 2. The molecule has 0 spiro atoms. The Hall–Kier alpha value is -0.640. The lowest BCUT2D eigenvalue weighted by Crippen LogP contribution is -2.35. The van der Waals surface area contributed by atoms with Crippen LogP contribution < -0.4 is 5.32 Å². The molecule has 0 radical (unpaired) electrons. The summed E-state index contributed by atoms with van der Waals surface area (Å²) in [5, 5.41) is 3.90. The summed E-state index contributed by atoms with van der Waals surface area (Å²) in [5.74, 6) is -0.211. The lowest BCUT2D eigenvalue weighted by molar-refractivity contribution is 0.189. The predicted octanol–water partition coefficient (Wildman–Crippen LogP) is 4.06. The van der Waals surface area contributed by atoms with Crippen molar-refractivity contribution in [1.29, 1.82) is 0 Å². The Morgan fingerprint density at radius 3 is 2.75 bits per heavy atom. The van der Waals surface area contributed by atoms with Crippen LogP contribution in [0.2, 0.25) is 5.02 Å². The zero-order valence-electron chi connectivity index (χ0n) is 12.6. The molecule has 1 N–H and O–H groups in total. The zero-order chi connectivity index (χ0) is 15.0. The molecule has 1 aromatic rings. The number of halogens is 2. The molecule has 1 unspecified atom stereocenters. The first-order chi connectivity index (χ1) is 9.52. The van der Waals surface area contributed by atoms with Crippen LogP contribution in [0.25, 0.3) is 0 Å². The van der Waals surface area contributed by atoms with E-state index in [4.69, 9.17) is 16.3 Å². The van der Waals surface area contributed by atoms with Crippen molar-refractivity contribution < 1.29 is 9.13 Å². The maximum atomic E-state index is 13.9. The van der Waals surface area contributed by atoms with Crippen LogP contribution >= 0.6 is 11.6 Å². The molecule has 0 aliphatic heterocycles. The third kappa shape index (κ3) is 5.39. The molecule has 0 aliphatic carbocycles. The molecule has 0 saturated heterocycles. The molecule has 0 saturated carbocycles. The van der Waals surface area contributed by atoms with Crippen LogP contribution in [0.1, 0.15) is 32.3 Å². The summed E-state index contributed by atoms with van der Waals surface area (Å²) < 4.78 is 19.0. The van der Waals surface area contributed by atoms with Gasteiger partial charge < -0.3 is 10.1 Å². The fourth-order valence-corrected chi connectivity index (χ4v) is 2.77. The normalized spacial score (nSPS) is 14.2. The second-order valence-electron chi connectivity index (χ2n) is 5.61. The monoisotopic (exact) mass is 301 g/mol. The Labute approximate surface area is 126 Å². The van der Waals surface area contributed by atoms with Crippen molar-refractivity contribution in [2.75, 3.05) is 26.8 Å². The van der Waals surface area contributed by atoms with Gasteiger partial charge in [-0.05, 0) is 30.4 Å². The predicted molar refractivity (Wildman–Crippen MR) is 82.9 cm³/mol. The van der Waals surface area contributed by atoms with Crippen molar-refractivity contribution in [1.82, 2.24) is 5.32 Å². The van der Waals surface area contributed by atoms with Gasteiger partial charge in [0, 0.05) is 30.8 Å². The highest BCUT2D eigenvalue weighted by molar-refractivity contribution is 6.31. The first-order valence-corrected chi connectivity index (χ1v) is 7.53. The molecular weight excluding hydrogens is 277 g/mol. The van der Waals surface area contributed by atoms with Crippen LogP contribution in [0.3, 0.4) is 0 Å². The van der Waals surface area contributed by atoms with E-state index in [1.807, 2.05) is 0 Å². The summed E-state index contributed by atoms with van der Waals surface area (Å²) in [6, 6.07) is 4.88. The first-order valence-electron chi connectivity index (χ1n) is 7.15. The van der Waals surface area contributed by atoms with Crippen molar-refractivity contribution in [2.24, 2.45) is 5.41 Å². The molecule has 0 fully saturated rings. The highest BCUT2D eigenvalue weighted by Gasteiger charge is 2.26. The second kappa shape index (κ2) is 8.60. The SMILES string of the molecule is CCCC(C)(CNCCOC)Cc1c(F)cccc1Cl.